The molecule has 0 spiro atoms. The first kappa shape index (κ1) is 16.8. The topological polar surface area (TPSA) is 55.4 Å². The van der Waals surface area contributed by atoms with Crippen molar-refractivity contribution >= 4 is 43.2 Å². The van der Waals surface area contributed by atoms with Crippen LogP contribution < -0.4 is 4.72 Å². The van der Waals surface area contributed by atoms with Crippen molar-refractivity contribution in [3.05, 3.63) is 28.2 Å². The standard InChI is InChI=1S/C12H17BrClNO3S/c1-18-9-10-11(13)5-4-6-12(10)15-19(16,17)8-3-2-7-14/h4-6,15H,2-3,7-9H2,1H3. The molecule has 0 aliphatic rings. The number of hydrogen-bond acceptors (Lipinski definition) is 3. The van der Waals surface area contributed by atoms with Crippen molar-refractivity contribution in [3.63, 3.8) is 0 Å². The maximum atomic E-state index is 11.9. The highest BCUT2D eigenvalue weighted by atomic mass is 79.9. The number of sulfonamides is 1. The highest BCUT2D eigenvalue weighted by Gasteiger charge is 2.14. The molecule has 0 radical (unpaired) electrons. The second-order valence-electron chi connectivity index (χ2n) is 4.02. The summed E-state index contributed by atoms with van der Waals surface area (Å²) in [6, 6.07) is 5.34. The van der Waals surface area contributed by atoms with Crippen molar-refractivity contribution in [1.29, 1.82) is 0 Å². The number of methoxy groups -OCH3 is 1. The number of unbranched alkanes of at least 4 members (excludes halogenated alkanes) is 1. The van der Waals surface area contributed by atoms with Crippen molar-refractivity contribution < 1.29 is 13.2 Å². The smallest absolute Gasteiger partial charge is 0.232 e. The third kappa shape index (κ3) is 5.69. The first-order chi connectivity index (χ1) is 9.00. The quantitative estimate of drug-likeness (QED) is 0.564. The van der Waals surface area contributed by atoms with E-state index >= 15 is 0 Å². The van der Waals surface area contributed by atoms with Gasteiger partial charge in [0, 0.05) is 23.0 Å². The lowest BCUT2D eigenvalue weighted by Crippen LogP contribution is -2.18. The van der Waals surface area contributed by atoms with Gasteiger partial charge >= 0.3 is 0 Å². The van der Waals surface area contributed by atoms with Crippen LogP contribution >= 0.6 is 27.5 Å². The van der Waals surface area contributed by atoms with E-state index in [-0.39, 0.29) is 5.75 Å². The minimum absolute atomic E-state index is 0.0681. The number of rotatable bonds is 8. The Bertz CT molecular complexity index is 508. The Morgan fingerprint density at radius 3 is 2.74 bits per heavy atom. The number of halogens is 2. The summed E-state index contributed by atoms with van der Waals surface area (Å²) in [5, 5.41) is 0. The van der Waals surface area contributed by atoms with Crippen LogP contribution in [0.15, 0.2) is 22.7 Å². The Balaban J connectivity index is 2.83. The molecule has 0 heterocycles. The second kappa shape index (κ2) is 8.09. The van der Waals surface area contributed by atoms with Gasteiger partial charge < -0.3 is 4.74 Å². The van der Waals surface area contributed by atoms with E-state index in [4.69, 9.17) is 16.3 Å². The van der Waals surface area contributed by atoms with E-state index in [0.717, 1.165) is 10.0 Å². The van der Waals surface area contributed by atoms with Crippen LogP contribution in [0.25, 0.3) is 0 Å². The SMILES string of the molecule is COCc1c(Br)cccc1NS(=O)(=O)CCCCCl. The summed E-state index contributed by atoms with van der Waals surface area (Å²) in [7, 11) is -1.78. The first-order valence-corrected chi connectivity index (χ1v) is 8.81. The largest absolute Gasteiger partial charge is 0.380 e. The van der Waals surface area contributed by atoms with E-state index in [1.807, 2.05) is 6.07 Å². The second-order valence-corrected chi connectivity index (χ2v) is 7.09. The molecule has 0 unspecified atom stereocenters. The predicted octanol–water partition coefficient (Wildman–Crippen LogP) is 3.36. The number of hydrogen-bond donors (Lipinski definition) is 1. The molecule has 108 valence electrons. The van der Waals surface area contributed by atoms with Gasteiger partial charge in [0.05, 0.1) is 18.0 Å². The van der Waals surface area contributed by atoms with E-state index in [9.17, 15) is 8.42 Å². The summed E-state index contributed by atoms with van der Waals surface area (Å²) in [6.45, 7) is 0.334. The number of ether oxygens (including phenoxy) is 1. The zero-order valence-corrected chi connectivity index (χ0v) is 13.8. The summed E-state index contributed by atoms with van der Waals surface area (Å²) in [4.78, 5) is 0. The molecule has 0 aromatic heterocycles. The summed E-state index contributed by atoms with van der Waals surface area (Å²) in [5.41, 5.74) is 1.33. The van der Waals surface area contributed by atoms with Crippen LogP contribution in [0.1, 0.15) is 18.4 Å². The van der Waals surface area contributed by atoms with Gasteiger partial charge in [-0.2, -0.15) is 0 Å². The van der Waals surface area contributed by atoms with E-state index in [0.29, 0.717) is 31.0 Å². The molecule has 0 atom stereocenters. The average molecular weight is 371 g/mol. The molecule has 19 heavy (non-hydrogen) atoms. The van der Waals surface area contributed by atoms with Crippen molar-refractivity contribution in [2.45, 2.75) is 19.4 Å². The lowest BCUT2D eigenvalue weighted by molar-refractivity contribution is 0.185. The zero-order valence-electron chi connectivity index (χ0n) is 10.7. The summed E-state index contributed by atoms with van der Waals surface area (Å²) >= 11 is 8.93. The van der Waals surface area contributed by atoms with E-state index in [2.05, 4.69) is 20.7 Å². The normalized spacial score (nSPS) is 11.5. The van der Waals surface area contributed by atoms with Crippen LogP contribution in [0.3, 0.4) is 0 Å². The third-order valence-electron chi connectivity index (χ3n) is 2.47. The molecule has 4 nitrogen and oxygen atoms in total. The molecule has 1 rings (SSSR count). The van der Waals surface area contributed by atoms with E-state index < -0.39 is 10.0 Å². The molecule has 0 bridgehead atoms. The Morgan fingerprint density at radius 1 is 1.37 bits per heavy atom. The molecule has 1 aromatic carbocycles. The zero-order chi connectivity index (χ0) is 14.3. The van der Waals surface area contributed by atoms with Gasteiger partial charge in [0.25, 0.3) is 0 Å². The maximum Gasteiger partial charge on any atom is 0.232 e. The summed E-state index contributed by atoms with van der Waals surface area (Å²) in [5.74, 6) is 0.542. The molecule has 0 aliphatic heterocycles. The Kier molecular flexibility index (Phi) is 7.13. The van der Waals surface area contributed by atoms with Gasteiger partial charge in [-0.3, -0.25) is 4.72 Å². The van der Waals surface area contributed by atoms with Crippen molar-refractivity contribution in [1.82, 2.24) is 0 Å². The van der Waals surface area contributed by atoms with Gasteiger partial charge in [0.2, 0.25) is 10.0 Å². The minimum atomic E-state index is -3.35. The number of nitrogens with one attached hydrogen (secondary N) is 1. The number of benzene rings is 1. The Labute approximate surface area is 127 Å². The molecule has 0 saturated heterocycles. The van der Waals surface area contributed by atoms with Crippen LogP contribution in [-0.4, -0.2) is 27.2 Å². The fraction of sp³-hybridized carbons (Fsp3) is 0.500. The van der Waals surface area contributed by atoms with Crippen LogP contribution in [0.4, 0.5) is 5.69 Å². The van der Waals surface area contributed by atoms with Crippen LogP contribution in [0.5, 0.6) is 0 Å². The van der Waals surface area contributed by atoms with Gasteiger partial charge in [-0.05, 0) is 25.0 Å². The fourth-order valence-electron chi connectivity index (χ4n) is 1.55. The Hall–Kier alpha value is -0.300. The van der Waals surface area contributed by atoms with Gasteiger partial charge in [-0.1, -0.05) is 22.0 Å². The maximum absolute atomic E-state index is 11.9. The first-order valence-electron chi connectivity index (χ1n) is 5.83. The van der Waals surface area contributed by atoms with Crippen molar-refractivity contribution in [2.24, 2.45) is 0 Å². The van der Waals surface area contributed by atoms with Gasteiger partial charge in [0.15, 0.2) is 0 Å². The predicted molar refractivity (Wildman–Crippen MR) is 82.2 cm³/mol. The molecule has 1 aromatic rings. The Morgan fingerprint density at radius 2 is 2.11 bits per heavy atom. The monoisotopic (exact) mass is 369 g/mol. The van der Waals surface area contributed by atoms with Gasteiger partial charge in [-0.15, -0.1) is 11.6 Å². The third-order valence-corrected chi connectivity index (χ3v) is 4.84. The van der Waals surface area contributed by atoms with Crippen LogP contribution in [0, 0.1) is 0 Å². The highest BCUT2D eigenvalue weighted by molar-refractivity contribution is 9.10. The average Bonchev–Trinajstić information content (AvgIpc) is 2.33. The molecular weight excluding hydrogens is 354 g/mol. The van der Waals surface area contributed by atoms with E-state index in [1.54, 1.807) is 19.2 Å². The molecule has 0 saturated carbocycles. The number of alkyl halides is 1. The number of anilines is 1. The molecule has 0 fully saturated rings. The van der Waals surface area contributed by atoms with Gasteiger partial charge in [-0.25, -0.2) is 8.42 Å². The van der Waals surface area contributed by atoms with Gasteiger partial charge in [0.1, 0.15) is 0 Å². The van der Waals surface area contributed by atoms with Crippen LogP contribution in [-0.2, 0) is 21.4 Å². The highest BCUT2D eigenvalue weighted by Crippen LogP contribution is 2.26. The van der Waals surface area contributed by atoms with Crippen molar-refractivity contribution in [2.75, 3.05) is 23.5 Å². The molecule has 0 aliphatic carbocycles. The fourth-order valence-corrected chi connectivity index (χ4v) is 3.43. The summed E-state index contributed by atoms with van der Waals surface area (Å²) < 4.78 is 32.4. The molecule has 0 amide bonds. The van der Waals surface area contributed by atoms with Crippen molar-refractivity contribution in [3.8, 4) is 0 Å². The summed E-state index contributed by atoms with van der Waals surface area (Å²) in [6.07, 6.45) is 1.23. The molecular formula is C12H17BrClNO3S. The minimum Gasteiger partial charge on any atom is -0.380 e. The lowest BCUT2D eigenvalue weighted by Gasteiger charge is -2.13. The van der Waals surface area contributed by atoms with Crippen LogP contribution in [0.2, 0.25) is 0 Å². The molecule has 1 N–H and O–H groups in total. The van der Waals surface area contributed by atoms with E-state index in [1.165, 1.54) is 0 Å². The lowest BCUT2D eigenvalue weighted by atomic mass is 10.2. The molecule has 7 heteroatoms.